The van der Waals surface area contributed by atoms with Gasteiger partial charge in [0.15, 0.2) is 0 Å². The Morgan fingerprint density at radius 1 is 1.43 bits per heavy atom. The molecule has 1 saturated heterocycles. The molecule has 5 nitrogen and oxygen atoms in total. The Morgan fingerprint density at radius 2 is 2.05 bits per heavy atom. The number of piperidine rings is 1. The van der Waals surface area contributed by atoms with Gasteiger partial charge in [0.2, 0.25) is 10.0 Å². The Balaban J connectivity index is 1.95. The molecule has 1 aliphatic heterocycles. The third kappa shape index (κ3) is 4.51. The van der Waals surface area contributed by atoms with Crippen LogP contribution in [0, 0.1) is 0 Å². The van der Waals surface area contributed by atoms with Crippen molar-refractivity contribution in [2.45, 2.75) is 25.8 Å². The first-order valence-electron chi connectivity index (χ1n) is 6.56. The van der Waals surface area contributed by atoms with Crippen molar-refractivity contribution in [3.8, 4) is 0 Å². The van der Waals surface area contributed by atoms with E-state index in [4.69, 9.17) is 0 Å². The highest BCUT2D eigenvalue weighted by molar-refractivity contribution is 9.12. The van der Waals surface area contributed by atoms with E-state index in [1.54, 1.807) is 11.8 Å². The molecule has 0 aromatic carbocycles. The largest absolute Gasteiger partial charge is 0.338 e. The molecule has 1 fully saturated rings. The molecule has 1 N–H and O–H groups in total. The number of nitrogens with one attached hydrogen (secondary N) is 1. The van der Waals surface area contributed by atoms with E-state index in [0.29, 0.717) is 31.5 Å². The predicted octanol–water partition coefficient (Wildman–Crippen LogP) is 2.82. The monoisotopic (exact) mass is 458 g/mol. The summed E-state index contributed by atoms with van der Waals surface area (Å²) < 4.78 is 27.5. The summed E-state index contributed by atoms with van der Waals surface area (Å²) in [4.78, 5) is 14.2. The third-order valence-electron chi connectivity index (χ3n) is 3.40. The molecule has 0 radical (unpaired) electrons. The molecule has 0 aliphatic carbocycles. The second-order valence-corrected chi connectivity index (χ2v) is 10.6. The van der Waals surface area contributed by atoms with Gasteiger partial charge in [-0.15, -0.1) is 11.3 Å². The maximum absolute atomic E-state index is 12.4. The first-order chi connectivity index (χ1) is 9.82. The van der Waals surface area contributed by atoms with Crippen LogP contribution in [0.5, 0.6) is 0 Å². The summed E-state index contributed by atoms with van der Waals surface area (Å²) in [6, 6.07) is 1.74. The van der Waals surface area contributed by atoms with Crippen molar-refractivity contribution in [1.29, 1.82) is 0 Å². The van der Waals surface area contributed by atoms with Crippen LogP contribution in [0.25, 0.3) is 0 Å². The fraction of sp³-hybridized carbons (Fsp3) is 0.583. The Kier molecular flexibility index (Phi) is 5.86. The molecule has 1 aliphatic rings. The molecule has 0 saturated carbocycles. The van der Waals surface area contributed by atoms with Crippen LogP contribution < -0.4 is 4.72 Å². The van der Waals surface area contributed by atoms with Crippen LogP contribution in [0.4, 0.5) is 0 Å². The Labute approximate surface area is 145 Å². The lowest BCUT2D eigenvalue weighted by molar-refractivity contribution is 0.0711. The van der Waals surface area contributed by atoms with Crippen LogP contribution in [0.1, 0.15) is 30.1 Å². The van der Waals surface area contributed by atoms with Gasteiger partial charge in [-0.2, -0.15) is 0 Å². The molecule has 1 aromatic heterocycles. The van der Waals surface area contributed by atoms with Gasteiger partial charge in [-0.3, -0.25) is 4.79 Å². The summed E-state index contributed by atoms with van der Waals surface area (Å²) in [5.41, 5.74) is 0.652. The van der Waals surface area contributed by atoms with Crippen molar-refractivity contribution >= 4 is 59.1 Å². The normalized spacial score (nSPS) is 17.2. The van der Waals surface area contributed by atoms with E-state index in [9.17, 15) is 13.2 Å². The van der Waals surface area contributed by atoms with Crippen LogP contribution in [-0.2, 0) is 10.0 Å². The Morgan fingerprint density at radius 3 is 2.52 bits per heavy atom. The van der Waals surface area contributed by atoms with E-state index in [2.05, 4.69) is 36.6 Å². The molecular weight excluding hydrogens is 444 g/mol. The van der Waals surface area contributed by atoms with E-state index in [1.807, 2.05) is 6.07 Å². The molecule has 0 spiro atoms. The average Bonchev–Trinajstić information content (AvgIpc) is 2.77. The molecule has 9 heteroatoms. The summed E-state index contributed by atoms with van der Waals surface area (Å²) in [6.45, 7) is 2.75. The smallest absolute Gasteiger partial charge is 0.255 e. The Bertz CT molecular complexity index is 622. The van der Waals surface area contributed by atoms with Crippen LogP contribution in [0.3, 0.4) is 0 Å². The highest BCUT2D eigenvalue weighted by atomic mass is 79.9. The molecular formula is C12H16Br2N2O3S2. The zero-order valence-corrected chi connectivity index (χ0v) is 16.2. The zero-order valence-electron chi connectivity index (χ0n) is 11.4. The molecule has 21 heavy (non-hydrogen) atoms. The lowest BCUT2D eigenvalue weighted by Crippen LogP contribution is -2.46. The van der Waals surface area contributed by atoms with Gasteiger partial charge in [-0.1, -0.05) is 0 Å². The number of halogens is 2. The number of nitrogens with zero attached hydrogens (tertiary/aromatic N) is 1. The maximum Gasteiger partial charge on any atom is 0.255 e. The summed E-state index contributed by atoms with van der Waals surface area (Å²) in [5, 5.41) is 0. The van der Waals surface area contributed by atoms with Crippen molar-refractivity contribution < 1.29 is 13.2 Å². The van der Waals surface area contributed by atoms with Gasteiger partial charge in [-0.05, 0) is 57.7 Å². The number of sulfonamides is 1. The molecule has 0 unspecified atom stereocenters. The quantitative estimate of drug-likeness (QED) is 0.752. The van der Waals surface area contributed by atoms with Gasteiger partial charge in [0.05, 0.1) is 18.9 Å². The first kappa shape index (κ1) is 17.4. The van der Waals surface area contributed by atoms with Gasteiger partial charge < -0.3 is 4.90 Å². The molecule has 0 atom stereocenters. The summed E-state index contributed by atoms with van der Waals surface area (Å²) in [6.07, 6.45) is 1.29. The van der Waals surface area contributed by atoms with Gasteiger partial charge >= 0.3 is 0 Å². The predicted molar refractivity (Wildman–Crippen MR) is 91.2 cm³/mol. The first-order valence-corrected chi connectivity index (χ1v) is 10.6. The summed E-state index contributed by atoms with van der Waals surface area (Å²) in [7, 11) is -3.18. The lowest BCUT2D eigenvalue weighted by atomic mass is 10.1. The van der Waals surface area contributed by atoms with Crippen molar-refractivity contribution in [2.75, 3.05) is 18.8 Å². The minimum Gasteiger partial charge on any atom is -0.338 e. The lowest BCUT2D eigenvalue weighted by Gasteiger charge is -2.32. The van der Waals surface area contributed by atoms with Crippen LogP contribution in [-0.4, -0.2) is 44.1 Å². The highest BCUT2D eigenvalue weighted by Crippen LogP contribution is 2.33. The van der Waals surface area contributed by atoms with E-state index in [0.717, 1.165) is 7.57 Å². The Hall–Kier alpha value is 0.0400. The van der Waals surface area contributed by atoms with Crippen LogP contribution >= 0.6 is 43.2 Å². The number of carbonyl (C=O) groups is 1. The molecule has 2 heterocycles. The van der Waals surface area contributed by atoms with E-state index < -0.39 is 10.0 Å². The number of carbonyl (C=O) groups excluding carboxylic acids is 1. The van der Waals surface area contributed by atoms with Crippen molar-refractivity contribution in [1.82, 2.24) is 9.62 Å². The molecule has 0 bridgehead atoms. The number of thiophene rings is 1. The summed E-state index contributed by atoms with van der Waals surface area (Å²) >= 11 is 8.23. The minimum absolute atomic E-state index is 0.0133. The van der Waals surface area contributed by atoms with E-state index >= 15 is 0 Å². The minimum atomic E-state index is -3.18. The van der Waals surface area contributed by atoms with Gasteiger partial charge in [0.25, 0.3) is 5.91 Å². The zero-order chi connectivity index (χ0) is 15.6. The number of rotatable bonds is 4. The van der Waals surface area contributed by atoms with E-state index in [-0.39, 0.29) is 17.7 Å². The fourth-order valence-corrected chi connectivity index (χ4v) is 5.88. The van der Waals surface area contributed by atoms with Crippen molar-refractivity contribution in [2.24, 2.45) is 0 Å². The van der Waals surface area contributed by atoms with Crippen molar-refractivity contribution in [3.63, 3.8) is 0 Å². The molecule has 1 aromatic rings. The van der Waals surface area contributed by atoms with Gasteiger partial charge in [0, 0.05) is 19.1 Å². The standard InChI is InChI=1S/C12H16Br2N2O3S2/c1-2-21(18,19)15-8-3-5-16(6-4-8)12(17)9-7-10(13)20-11(9)14/h7-8,15H,2-6H2,1H3. The van der Waals surface area contributed by atoms with Gasteiger partial charge in [-0.25, -0.2) is 13.1 Å². The number of hydrogen-bond acceptors (Lipinski definition) is 4. The molecule has 1 amide bonds. The highest BCUT2D eigenvalue weighted by Gasteiger charge is 2.27. The molecule has 118 valence electrons. The fourth-order valence-electron chi connectivity index (χ4n) is 2.19. The van der Waals surface area contributed by atoms with Crippen LogP contribution in [0.2, 0.25) is 0 Å². The molecule has 2 rings (SSSR count). The average molecular weight is 460 g/mol. The maximum atomic E-state index is 12.4. The van der Waals surface area contributed by atoms with Crippen LogP contribution in [0.15, 0.2) is 13.6 Å². The van der Waals surface area contributed by atoms with E-state index in [1.165, 1.54) is 11.3 Å². The summed E-state index contributed by atoms with van der Waals surface area (Å²) in [5.74, 6) is 0.0720. The number of amides is 1. The van der Waals surface area contributed by atoms with Gasteiger partial charge in [0.1, 0.15) is 0 Å². The third-order valence-corrected chi connectivity index (χ3v) is 7.19. The second-order valence-electron chi connectivity index (χ2n) is 4.83. The second kappa shape index (κ2) is 7.08. The topological polar surface area (TPSA) is 66.5 Å². The number of hydrogen-bond donors (Lipinski definition) is 1. The SMILES string of the molecule is CCS(=O)(=O)NC1CCN(C(=O)c2cc(Br)sc2Br)CC1. The van der Waals surface area contributed by atoms with Crippen molar-refractivity contribution in [3.05, 3.63) is 19.2 Å². The number of likely N-dealkylation sites (tertiary alicyclic amines) is 1.